The number of benzene rings is 1. The molecule has 0 radical (unpaired) electrons. The SMILES string of the molecule is COC(=O)c1ccc(O)c(C(O)/C=C(\C)CCC=C(C)C)c1O. The summed E-state index contributed by atoms with van der Waals surface area (Å²) in [6, 6.07) is 2.50. The summed E-state index contributed by atoms with van der Waals surface area (Å²) in [7, 11) is 1.19. The monoisotopic (exact) mass is 320 g/mol. The number of aliphatic hydroxyl groups excluding tert-OH is 1. The molecule has 1 atom stereocenters. The lowest BCUT2D eigenvalue weighted by molar-refractivity contribution is 0.0597. The molecule has 0 amide bonds. The number of methoxy groups -OCH3 is 1. The van der Waals surface area contributed by atoms with E-state index in [2.05, 4.69) is 10.8 Å². The van der Waals surface area contributed by atoms with Gasteiger partial charge in [-0.3, -0.25) is 0 Å². The Bertz CT molecular complexity index is 625. The quantitative estimate of drug-likeness (QED) is 0.550. The third-order valence-electron chi connectivity index (χ3n) is 3.43. The molecule has 3 N–H and O–H groups in total. The Kier molecular flexibility index (Phi) is 6.85. The van der Waals surface area contributed by atoms with Crippen molar-refractivity contribution in [2.75, 3.05) is 7.11 Å². The topological polar surface area (TPSA) is 87.0 Å². The summed E-state index contributed by atoms with van der Waals surface area (Å²) in [5.41, 5.74) is 1.93. The molecule has 0 spiro atoms. The van der Waals surface area contributed by atoms with Crippen molar-refractivity contribution < 1.29 is 24.9 Å². The van der Waals surface area contributed by atoms with Gasteiger partial charge in [0.15, 0.2) is 0 Å². The molecule has 0 heterocycles. The number of phenolic OH excluding ortho intramolecular Hbond substituents is 2. The minimum absolute atomic E-state index is 0.102. The van der Waals surface area contributed by atoms with Crippen molar-refractivity contribution in [3.63, 3.8) is 0 Å². The zero-order chi connectivity index (χ0) is 17.6. The molecule has 0 aliphatic rings. The molecule has 0 aliphatic carbocycles. The minimum Gasteiger partial charge on any atom is -0.507 e. The third kappa shape index (κ3) is 5.14. The van der Waals surface area contributed by atoms with Gasteiger partial charge in [0.1, 0.15) is 23.2 Å². The van der Waals surface area contributed by atoms with E-state index in [9.17, 15) is 20.1 Å². The Morgan fingerprint density at radius 2 is 1.91 bits per heavy atom. The molecule has 0 aromatic heterocycles. The maximum absolute atomic E-state index is 11.6. The van der Waals surface area contributed by atoms with Gasteiger partial charge in [0.05, 0.1) is 12.7 Å². The Hall–Kier alpha value is -2.27. The molecule has 0 saturated heterocycles. The van der Waals surface area contributed by atoms with E-state index in [0.717, 1.165) is 18.4 Å². The van der Waals surface area contributed by atoms with Crippen LogP contribution in [-0.4, -0.2) is 28.4 Å². The highest BCUT2D eigenvalue weighted by Gasteiger charge is 2.22. The third-order valence-corrected chi connectivity index (χ3v) is 3.43. The maximum Gasteiger partial charge on any atom is 0.341 e. The Morgan fingerprint density at radius 1 is 1.26 bits per heavy atom. The van der Waals surface area contributed by atoms with E-state index in [1.54, 1.807) is 6.08 Å². The number of aromatic hydroxyl groups is 2. The second-order valence-corrected chi connectivity index (χ2v) is 5.66. The van der Waals surface area contributed by atoms with Gasteiger partial charge in [0.25, 0.3) is 0 Å². The van der Waals surface area contributed by atoms with Crippen molar-refractivity contribution in [3.8, 4) is 11.5 Å². The van der Waals surface area contributed by atoms with Gasteiger partial charge in [-0.05, 0) is 45.7 Å². The molecule has 1 aromatic carbocycles. The van der Waals surface area contributed by atoms with Gasteiger partial charge in [0, 0.05) is 0 Å². The van der Waals surface area contributed by atoms with Gasteiger partial charge in [0.2, 0.25) is 0 Å². The van der Waals surface area contributed by atoms with E-state index < -0.39 is 17.8 Å². The summed E-state index contributed by atoms with van der Waals surface area (Å²) in [6.45, 7) is 5.89. The summed E-state index contributed by atoms with van der Waals surface area (Å²) in [5, 5.41) is 30.3. The lowest BCUT2D eigenvalue weighted by atomic mass is 9.99. The van der Waals surface area contributed by atoms with Crippen LogP contribution in [0.1, 0.15) is 55.6 Å². The molecule has 1 unspecified atom stereocenters. The molecular formula is C18H24O5. The number of rotatable bonds is 6. The molecule has 23 heavy (non-hydrogen) atoms. The van der Waals surface area contributed by atoms with Crippen molar-refractivity contribution in [2.24, 2.45) is 0 Å². The van der Waals surface area contributed by atoms with E-state index in [1.165, 1.54) is 24.8 Å². The second kappa shape index (κ2) is 8.39. The summed E-state index contributed by atoms with van der Waals surface area (Å²) < 4.78 is 4.56. The first-order valence-electron chi connectivity index (χ1n) is 7.39. The average Bonchev–Trinajstić information content (AvgIpc) is 2.46. The first-order chi connectivity index (χ1) is 10.8. The summed E-state index contributed by atoms with van der Waals surface area (Å²) in [6.07, 6.45) is 4.02. The number of ether oxygens (including phenoxy) is 1. The van der Waals surface area contributed by atoms with Crippen LogP contribution >= 0.6 is 0 Å². The zero-order valence-corrected chi connectivity index (χ0v) is 14.0. The number of phenols is 2. The summed E-state index contributed by atoms with van der Waals surface area (Å²) >= 11 is 0. The van der Waals surface area contributed by atoms with Gasteiger partial charge in [-0.25, -0.2) is 4.79 Å². The normalized spacial score (nSPS) is 12.7. The van der Waals surface area contributed by atoms with Gasteiger partial charge >= 0.3 is 5.97 Å². The zero-order valence-electron chi connectivity index (χ0n) is 14.0. The van der Waals surface area contributed by atoms with E-state index in [1.807, 2.05) is 20.8 Å². The molecule has 126 valence electrons. The van der Waals surface area contributed by atoms with Crippen LogP contribution in [0, 0.1) is 0 Å². The molecular weight excluding hydrogens is 296 g/mol. The molecule has 0 fully saturated rings. The number of aliphatic hydroxyl groups is 1. The minimum atomic E-state index is -1.22. The van der Waals surface area contributed by atoms with Crippen molar-refractivity contribution >= 4 is 5.97 Å². The van der Waals surface area contributed by atoms with Gasteiger partial charge < -0.3 is 20.1 Å². The fourth-order valence-electron chi connectivity index (χ4n) is 2.19. The van der Waals surface area contributed by atoms with Crippen LogP contribution in [0.2, 0.25) is 0 Å². The van der Waals surface area contributed by atoms with Crippen molar-refractivity contribution in [2.45, 2.75) is 39.7 Å². The molecule has 5 nitrogen and oxygen atoms in total. The number of allylic oxidation sites excluding steroid dienone is 3. The van der Waals surface area contributed by atoms with Crippen LogP contribution in [-0.2, 0) is 4.74 Å². The van der Waals surface area contributed by atoms with Crippen LogP contribution in [0.15, 0.2) is 35.4 Å². The van der Waals surface area contributed by atoms with Crippen LogP contribution in [0.5, 0.6) is 11.5 Å². The highest BCUT2D eigenvalue weighted by molar-refractivity contribution is 5.93. The number of carbonyl (C=O) groups is 1. The molecule has 0 bridgehead atoms. The van der Waals surface area contributed by atoms with Crippen LogP contribution in [0.3, 0.4) is 0 Å². The van der Waals surface area contributed by atoms with Gasteiger partial charge in [-0.15, -0.1) is 0 Å². The first kappa shape index (κ1) is 18.8. The van der Waals surface area contributed by atoms with E-state index >= 15 is 0 Å². The second-order valence-electron chi connectivity index (χ2n) is 5.66. The fourth-order valence-corrected chi connectivity index (χ4v) is 2.19. The highest BCUT2D eigenvalue weighted by atomic mass is 16.5. The van der Waals surface area contributed by atoms with Crippen LogP contribution in [0.25, 0.3) is 0 Å². The largest absolute Gasteiger partial charge is 0.507 e. The Labute approximate surface area is 136 Å². The fraction of sp³-hybridized carbons (Fsp3) is 0.389. The summed E-state index contributed by atoms with van der Waals surface area (Å²) in [5.74, 6) is -1.49. The lowest BCUT2D eigenvalue weighted by Gasteiger charge is -2.14. The average molecular weight is 320 g/mol. The number of carbonyl (C=O) groups excluding carboxylic acids is 1. The maximum atomic E-state index is 11.6. The van der Waals surface area contributed by atoms with Crippen LogP contribution in [0.4, 0.5) is 0 Å². The number of hydrogen-bond donors (Lipinski definition) is 3. The molecule has 1 aromatic rings. The molecule has 1 rings (SSSR count). The Balaban J connectivity index is 3.05. The molecule has 0 aliphatic heterocycles. The first-order valence-corrected chi connectivity index (χ1v) is 7.39. The molecule has 5 heteroatoms. The van der Waals surface area contributed by atoms with Gasteiger partial charge in [-0.2, -0.15) is 0 Å². The van der Waals surface area contributed by atoms with E-state index in [4.69, 9.17) is 0 Å². The van der Waals surface area contributed by atoms with Crippen molar-refractivity contribution in [3.05, 3.63) is 46.6 Å². The predicted molar refractivity (Wildman–Crippen MR) is 88.5 cm³/mol. The molecule has 0 saturated carbocycles. The predicted octanol–water partition coefficient (Wildman–Crippen LogP) is 3.61. The number of hydrogen-bond acceptors (Lipinski definition) is 5. The smallest absolute Gasteiger partial charge is 0.341 e. The summed E-state index contributed by atoms with van der Waals surface area (Å²) in [4.78, 5) is 11.6. The van der Waals surface area contributed by atoms with Crippen LogP contribution < -0.4 is 0 Å². The van der Waals surface area contributed by atoms with E-state index in [0.29, 0.717) is 0 Å². The lowest BCUT2D eigenvalue weighted by Crippen LogP contribution is -2.05. The Morgan fingerprint density at radius 3 is 2.48 bits per heavy atom. The standard InChI is InChI=1S/C18H24O5/c1-11(2)6-5-7-12(3)10-15(20)16-14(19)9-8-13(17(16)21)18(22)23-4/h6,8-10,15,19-21H,5,7H2,1-4H3/b12-10+. The highest BCUT2D eigenvalue weighted by Crippen LogP contribution is 2.37. The van der Waals surface area contributed by atoms with E-state index in [-0.39, 0.29) is 16.9 Å². The number of esters is 1. The van der Waals surface area contributed by atoms with Crippen molar-refractivity contribution in [1.29, 1.82) is 0 Å². The van der Waals surface area contributed by atoms with Crippen molar-refractivity contribution in [1.82, 2.24) is 0 Å². The van der Waals surface area contributed by atoms with Gasteiger partial charge in [-0.1, -0.05) is 23.3 Å².